The highest BCUT2D eigenvalue weighted by Crippen LogP contribution is 2.25. The van der Waals surface area contributed by atoms with Gasteiger partial charge in [0.2, 0.25) is 10.0 Å². The molecule has 0 spiro atoms. The van der Waals surface area contributed by atoms with E-state index in [1.807, 2.05) is 11.9 Å². The number of nitrogens with one attached hydrogen (secondary N) is 2. The van der Waals surface area contributed by atoms with Crippen molar-refractivity contribution in [3.63, 3.8) is 0 Å². The van der Waals surface area contributed by atoms with Crippen molar-refractivity contribution in [1.82, 2.24) is 14.9 Å². The van der Waals surface area contributed by atoms with Crippen LogP contribution in [0.2, 0.25) is 0 Å². The summed E-state index contributed by atoms with van der Waals surface area (Å²) in [6.07, 6.45) is 5.86. The van der Waals surface area contributed by atoms with Gasteiger partial charge in [-0.2, -0.15) is 0 Å². The van der Waals surface area contributed by atoms with Gasteiger partial charge in [0.15, 0.2) is 0 Å². The van der Waals surface area contributed by atoms with Gasteiger partial charge in [-0.1, -0.05) is 18.9 Å². The first kappa shape index (κ1) is 22.1. The second kappa shape index (κ2) is 9.37. The Balaban J connectivity index is 0.00000261. The SMILES string of the molecule is CNCC1CCCN1C(=O)c1ccc(C)c(S(=O)(=O)NC2CCCC2)c1.Cl. The lowest BCUT2D eigenvalue weighted by Crippen LogP contribution is -2.41. The molecule has 1 aliphatic heterocycles. The van der Waals surface area contributed by atoms with Crippen LogP contribution in [0, 0.1) is 6.92 Å². The van der Waals surface area contributed by atoms with Crippen molar-refractivity contribution in [3.8, 4) is 0 Å². The summed E-state index contributed by atoms with van der Waals surface area (Å²) in [6.45, 7) is 3.25. The van der Waals surface area contributed by atoms with Crippen LogP contribution in [-0.2, 0) is 10.0 Å². The number of amides is 1. The predicted octanol–water partition coefficient (Wildman–Crippen LogP) is 2.46. The molecule has 6 nitrogen and oxygen atoms in total. The van der Waals surface area contributed by atoms with E-state index in [1.165, 1.54) is 0 Å². The molecule has 1 saturated carbocycles. The van der Waals surface area contributed by atoms with Gasteiger partial charge in [-0.15, -0.1) is 12.4 Å². The van der Waals surface area contributed by atoms with Gasteiger partial charge in [0.05, 0.1) is 4.90 Å². The average Bonchev–Trinajstić information content (AvgIpc) is 3.26. The van der Waals surface area contributed by atoms with Crippen molar-refractivity contribution in [1.29, 1.82) is 0 Å². The fraction of sp³-hybridized carbons (Fsp3) is 0.632. The van der Waals surface area contributed by atoms with E-state index in [4.69, 9.17) is 0 Å². The van der Waals surface area contributed by atoms with E-state index in [-0.39, 0.29) is 35.3 Å². The Labute approximate surface area is 168 Å². The minimum Gasteiger partial charge on any atom is -0.334 e. The van der Waals surface area contributed by atoms with Crippen molar-refractivity contribution in [2.45, 2.75) is 62.4 Å². The lowest BCUT2D eigenvalue weighted by Gasteiger charge is -2.25. The number of likely N-dealkylation sites (tertiary alicyclic amines) is 1. The monoisotopic (exact) mass is 415 g/mol. The Hall–Kier alpha value is -1.15. The molecule has 27 heavy (non-hydrogen) atoms. The van der Waals surface area contributed by atoms with Crippen molar-refractivity contribution < 1.29 is 13.2 Å². The van der Waals surface area contributed by atoms with Gasteiger partial charge in [0.25, 0.3) is 5.91 Å². The smallest absolute Gasteiger partial charge is 0.254 e. The summed E-state index contributed by atoms with van der Waals surface area (Å²) in [4.78, 5) is 15.0. The molecule has 2 N–H and O–H groups in total. The number of benzene rings is 1. The van der Waals surface area contributed by atoms with Crippen molar-refractivity contribution >= 4 is 28.3 Å². The van der Waals surface area contributed by atoms with Gasteiger partial charge in [-0.3, -0.25) is 4.79 Å². The Morgan fingerprint density at radius 1 is 1.19 bits per heavy atom. The van der Waals surface area contributed by atoms with E-state index in [9.17, 15) is 13.2 Å². The normalized spacial score (nSPS) is 20.7. The zero-order valence-corrected chi connectivity index (χ0v) is 17.7. The highest BCUT2D eigenvalue weighted by atomic mass is 35.5. The molecule has 0 bridgehead atoms. The molecule has 1 atom stereocenters. The van der Waals surface area contributed by atoms with Gasteiger partial charge < -0.3 is 10.2 Å². The zero-order chi connectivity index (χ0) is 18.7. The predicted molar refractivity (Wildman–Crippen MR) is 109 cm³/mol. The number of halogens is 1. The Morgan fingerprint density at radius 2 is 1.89 bits per heavy atom. The van der Waals surface area contributed by atoms with Crippen molar-refractivity contribution in [3.05, 3.63) is 29.3 Å². The molecule has 0 aromatic heterocycles. The maximum absolute atomic E-state index is 13.0. The van der Waals surface area contributed by atoms with Gasteiger partial charge in [-0.05, 0) is 57.4 Å². The first-order valence-electron chi connectivity index (χ1n) is 9.51. The summed E-state index contributed by atoms with van der Waals surface area (Å²) in [5.41, 5.74) is 1.12. The Morgan fingerprint density at radius 3 is 2.56 bits per heavy atom. The van der Waals surface area contributed by atoms with Gasteiger partial charge in [-0.25, -0.2) is 13.1 Å². The zero-order valence-electron chi connectivity index (χ0n) is 16.0. The van der Waals surface area contributed by atoms with Crippen LogP contribution in [0.4, 0.5) is 0 Å². The highest BCUT2D eigenvalue weighted by molar-refractivity contribution is 7.89. The van der Waals surface area contributed by atoms with Crippen LogP contribution in [0.3, 0.4) is 0 Å². The molecule has 2 aliphatic rings. The molecule has 1 aliphatic carbocycles. The van der Waals surface area contributed by atoms with Crippen LogP contribution in [0.1, 0.15) is 54.4 Å². The van der Waals surface area contributed by atoms with Gasteiger partial charge >= 0.3 is 0 Å². The Kier molecular flexibility index (Phi) is 7.68. The summed E-state index contributed by atoms with van der Waals surface area (Å²) in [5.74, 6) is -0.0833. The van der Waals surface area contributed by atoms with Gasteiger partial charge in [0, 0.05) is 30.7 Å². The first-order valence-corrected chi connectivity index (χ1v) is 11.0. The second-order valence-corrected chi connectivity index (χ2v) is 9.12. The minimum atomic E-state index is -3.61. The van der Waals surface area contributed by atoms with E-state index >= 15 is 0 Å². The number of aryl methyl sites for hydroxylation is 1. The fourth-order valence-electron chi connectivity index (χ4n) is 4.07. The minimum absolute atomic E-state index is 0. The topological polar surface area (TPSA) is 78.5 Å². The molecule has 1 unspecified atom stereocenters. The second-order valence-electron chi connectivity index (χ2n) is 7.44. The van der Waals surface area contributed by atoms with Crippen LogP contribution < -0.4 is 10.0 Å². The largest absolute Gasteiger partial charge is 0.334 e. The van der Waals surface area contributed by atoms with Gasteiger partial charge in [0.1, 0.15) is 0 Å². The lowest BCUT2D eigenvalue weighted by atomic mass is 10.1. The number of carbonyl (C=O) groups excluding carboxylic acids is 1. The molecule has 0 radical (unpaired) electrons. The summed E-state index contributed by atoms with van der Waals surface area (Å²) in [7, 11) is -1.73. The van der Waals surface area contributed by atoms with Crippen LogP contribution >= 0.6 is 12.4 Å². The maximum atomic E-state index is 13.0. The van der Waals surface area contributed by atoms with E-state index in [1.54, 1.807) is 25.1 Å². The summed E-state index contributed by atoms with van der Waals surface area (Å²) >= 11 is 0. The van der Waals surface area contributed by atoms with E-state index < -0.39 is 10.0 Å². The maximum Gasteiger partial charge on any atom is 0.254 e. The molecule has 1 aromatic rings. The third-order valence-electron chi connectivity index (χ3n) is 5.48. The molecular weight excluding hydrogens is 386 g/mol. The van der Waals surface area contributed by atoms with Crippen LogP contribution in [0.25, 0.3) is 0 Å². The van der Waals surface area contributed by atoms with E-state index in [0.29, 0.717) is 11.1 Å². The van der Waals surface area contributed by atoms with Crippen molar-refractivity contribution in [2.75, 3.05) is 20.1 Å². The first-order chi connectivity index (χ1) is 12.4. The molecular formula is C19H30ClN3O3S. The molecule has 3 rings (SSSR count). The Bertz CT molecular complexity index is 763. The van der Waals surface area contributed by atoms with Crippen LogP contribution in [0.5, 0.6) is 0 Å². The summed E-state index contributed by atoms with van der Waals surface area (Å²) in [6, 6.07) is 5.20. The number of hydrogen-bond acceptors (Lipinski definition) is 4. The average molecular weight is 416 g/mol. The lowest BCUT2D eigenvalue weighted by molar-refractivity contribution is 0.0737. The molecule has 8 heteroatoms. The number of sulfonamides is 1. The number of carbonyl (C=O) groups is 1. The fourth-order valence-corrected chi connectivity index (χ4v) is 5.64. The third-order valence-corrected chi connectivity index (χ3v) is 7.14. The van der Waals surface area contributed by atoms with Crippen LogP contribution in [0.15, 0.2) is 23.1 Å². The van der Waals surface area contributed by atoms with E-state index in [2.05, 4.69) is 10.0 Å². The molecule has 152 valence electrons. The molecule has 2 fully saturated rings. The molecule has 1 aromatic carbocycles. The molecule has 1 saturated heterocycles. The summed E-state index contributed by atoms with van der Waals surface area (Å²) < 4.78 is 28.5. The number of likely N-dealkylation sites (N-methyl/N-ethyl adjacent to an activating group) is 1. The third kappa shape index (κ3) is 5.02. The van der Waals surface area contributed by atoms with E-state index in [0.717, 1.165) is 51.6 Å². The molecule has 1 heterocycles. The highest BCUT2D eigenvalue weighted by Gasteiger charge is 2.30. The summed E-state index contributed by atoms with van der Waals surface area (Å²) in [5, 5.41) is 3.13. The number of hydrogen-bond donors (Lipinski definition) is 2. The van der Waals surface area contributed by atoms with Crippen molar-refractivity contribution in [2.24, 2.45) is 0 Å². The number of nitrogens with zero attached hydrogens (tertiary/aromatic N) is 1. The quantitative estimate of drug-likeness (QED) is 0.748. The molecule has 1 amide bonds. The van der Waals surface area contributed by atoms with Crippen LogP contribution in [-0.4, -0.2) is 51.4 Å². The standard InChI is InChI=1S/C19H29N3O3S.ClH/c1-14-9-10-15(19(23)22-11-5-8-17(22)13-20-2)12-18(14)26(24,25)21-16-6-3-4-7-16;/h9-10,12,16-17,20-21H,3-8,11,13H2,1-2H3;1H. The number of rotatable bonds is 6.